The largest absolute Gasteiger partial charge is 0.416 e. The Morgan fingerprint density at radius 1 is 0.288 bits per heavy atom. The molecule has 0 aliphatic carbocycles. The maximum atomic E-state index is 6.33. The molecule has 59 heavy (non-hydrogen) atoms. The third kappa shape index (κ3) is 9.20. The molecule has 0 fully saturated rings. The van der Waals surface area contributed by atoms with Crippen molar-refractivity contribution in [1.29, 1.82) is 0 Å². The number of hydrogen-bond acceptors (Lipinski definition) is 5. The van der Waals surface area contributed by atoms with Crippen molar-refractivity contribution in [3.05, 3.63) is 168 Å². The molecular formula is C54H60N4O. The lowest BCUT2D eigenvalue weighted by atomic mass is 9.86. The van der Waals surface area contributed by atoms with Crippen molar-refractivity contribution in [2.45, 2.75) is 105 Å². The Kier molecular flexibility index (Phi) is 11.0. The second kappa shape index (κ2) is 15.7. The van der Waals surface area contributed by atoms with Gasteiger partial charge in [-0.25, -0.2) is 0 Å². The van der Waals surface area contributed by atoms with Gasteiger partial charge in [0.2, 0.25) is 11.8 Å². The molecule has 5 heteroatoms. The lowest BCUT2D eigenvalue weighted by molar-refractivity contribution is 0.584. The monoisotopic (exact) mass is 780 g/mol. The minimum atomic E-state index is 0.0719. The maximum Gasteiger partial charge on any atom is 0.248 e. The molecule has 0 saturated heterocycles. The highest BCUT2D eigenvalue weighted by Crippen LogP contribution is 2.40. The smallest absolute Gasteiger partial charge is 0.248 e. The average molecular weight is 781 g/mol. The number of anilines is 6. The molecule has 0 aliphatic rings. The molecule has 7 rings (SSSR count). The van der Waals surface area contributed by atoms with Crippen LogP contribution in [0, 0.1) is 0 Å². The van der Waals surface area contributed by atoms with Crippen LogP contribution in [0.15, 0.2) is 150 Å². The summed E-state index contributed by atoms with van der Waals surface area (Å²) in [6.07, 6.45) is 0. The van der Waals surface area contributed by atoms with Crippen LogP contribution in [0.4, 0.5) is 34.1 Å². The molecule has 0 radical (unpaired) electrons. The fraction of sp³-hybridized carbons (Fsp3) is 0.296. The first kappa shape index (κ1) is 41.2. The minimum Gasteiger partial charge on any atom is -0.416 e. The van der Waals surface area contributed by atoms with Crippen molar-refractivity contribution in [1.82, 2.24) is 10.2 Å². The molecule has 0 unspecified atom stereocenters. The van der Waals surface area contributed by atoms with Gasteiger partial charge in [-0.15, -0.1) is 10.2 Å². The average Bonchev–Trinajstić information content (AvgIpc) is 3.69. The first-order valence-electron chi connectivity index (χ1n) is 20.8. The van der Waals surface area contributed by atoms with Crippen LogP contribution in [-0.4, -0.2) is 10.2 Å². The van der Waals surface area contributed by atoms with E-state index < -0.39 is 0 Å². The molecular weight excluding hydrogens is 721 g/mol. The Morgan fingerprint density at radius 3 is 0.661 bits per heavy atom. The van der Waals surface area contributed by atoms with Gasteiger partial charge in [-0.05, 0) is 141 Å². The maximum absolute atomic E-state index is 6.33. The molecule has 6 aromatic carbocycles. The van der Waals surface area contributed by atoms with E-state index in [1.54, 1.807) is 0 Å². The first-order valence-corrected chi connectivity index (χ1v) is 20.8. The quantitative estimate of drug-likeness (QED) is 0.154. The number of nitrogens with zero attached hydrogens (tertiary/aromatic N) is 4. The van der Waals surface area contributed by atoms with E-state index in [0.717, 1.165) is 45.3 Å². The molecule has 0 amide bonds. The van der Waals surface area contributed by atoms with E-state index in [4.69, 9.17) is 4.42 Å². The van der Waals surface area contributed by atoms with Crippen molar-refractivity contribution >= 4 is 34.1 Å². The number of aromatic nitrogens is 2. The third-order valence-electron chi connectivity index (χ3n) is 11.1. The highest BCUT2D eigenvalue weighted by atomic mass is 16.4. The predicted molar refractivity (Wildman–Crippen MR) is 249 cm³/mol. The van der Waals surface area contributed by atoms with Crippen molar-refractivity contribution in [3.8, 4) is 22.9 Å². The molecule has 0 N–H and O–H groups in total. The van der Waals surface area contributed by atoms with Gasteiger partial charge in [-0.2, -0.15) is 0 Å². The van der Waals surface area contributed by atoms with Crippen molar-refractivity contribution < 1.29 is 4.42 Å². The van der Waals surface area contributed by atoms with Gasteiger partial charge in [0, 0.05) is 45.3 Å². The zero-order valence-corrected chi connectivity index (χ0v) is 37.1. The molecule has 0 spiro atoms. The van der Waals surface area contributed by atoms with Crippen molar-refractivity contribution in [2.24, 2.45) is 0 Å². The van der Waals surface area contributed by atoms with Gasteiger partial charge in [-0.3, -0.25) is 0 Å². The topological polar surface area (TPSA) is 45.4 Å². The summed E-state index contributed by atoms with van der Waals surface area (Å²) < 4.78 is 6.33. The van der Waals surface area contributed by atoms with Crippen molar-refractivity contribution in [2.75, 3.05) is 9.80 Å². The summed E-state index contributed by atoms with van der Waals surface area (Å²) in [4.78, 5) is 4.59. The predicted octanol–water partition coefficient (Wildman–Crippen LogP) is 15.5. The Bertz CT molecular complexity index is 2170. The summed E-state index contributed by atoms with van der Waals surface area (Å²) >= 11 is 0. The Labute approximate surface area is 352 Å². The van der Waals surface area contributed by atoms with E-state index in [1.807, 2.05) is 0 Å². The normalized spacial score (nSPS) is 12.4. The molecule has 0 aliphatic heterocycles. The highest BCUT2D eigenvalue weighted by Gasteiger charge is 2.21. The summed E-state index contributed by atoms with van der Waals surface area (Å²) in [6, 6.07) is 52.3. The van der Waals surface area contributed by atoms with Gasteiger partial charge in [-0.1, -0.05) is 132 Å². The second-order valence-corrected chi connectivity index (χ2v) is 19.9. The summed E-state index contributed by atoms with van der Waals surface area (Å²) in [6.45, 7) is 27.0. The lowest BCUT2D eigenvalue weighted by Gasteiger charge is -2.28. The molecule has 302 valence electrons. The molecule has 1 aromatic heterocycles. The number of benzene rings is 6. The molecule has 0 atom stereocenters. The van der Waals surface area contributed by atoms with Gasteiger partial charge < -0.3 is 14.2 Å². The van der Waals surface area contributed by atoms with Gasteiger partial charge in [0.1, 0.15) is 0 Å². The number of hydrogen-bond donors (Lipinski definition) is 0. The molecule has 7 aromatic rings. The van der Waals surface area contributed by atoms with E-state index in [9.17, 15) is 0 Å². The third-order valence-corrected chi connectivity index (χ3v) is 11.1. The first-order chi connectivity index (χ1) is 27.8. The summed E-state index contributed by atoms with van der Waals surface area (Å²) in [5.41, 5.74) is 13.7. The Morgan fingerprint density at radius 2 is 0.475 bits per heavy atom. The Hall–Kier alpha value is -5.94. The summed E-state index contributed by atoms with van der Waals surface area (Å²) in [7, 11) is 0. The fourth-order valence-electron chi connectivity index (χ4n) is 7.30. The van der Waals surface area contributed by atoms with E-state index in [2.05, 4.69) is 249 Å². The van der Waals surface area contributed by atoms with Crippen LogP contribution in [0.2, 0.25) is 0 Å². The van der Waals surface area contributed by atoms with E-state index in [0.29, 0.717) is 11.8 Å². The zero-order chi connectivity index (χ0) is 42.3. The summed E-state index contributed by atoms with van der Waals surface area (Å²) in [5.74, 6) is 0.955. The summed E-state index contributed by atoms with van der Waals surface area (Å²) in [5, 5.41) is 8.97. The van der Waals surface area contributed by atoms with E-state index >= 15 is 0 Å². The van der Waals surface area contributed by atoms with Crippen LogP contribution < -0.4 is 9.80 Å². The molecule has 0 saturated carbocycles. The standard InChI is InChI=1S/C54H60N4O/c1-51(2,3)39-17-29-45(30-18-39)57(46-31-19-40(20-32-46)52(4,5)6)43-25-13-37(14-26-43)49-55-56-50(59-49)38-15-27-44(28-16-38)58(47-33-21-41(22-34-47)53(7,8)9)48-35-23-42(24-36-48)54(10,11)12/h13-36H,1-12H3. The lowest BCUT2D eigenvalue weighted by Crippen LogP contribution is -2.14. The minimum absolute atomic E-state index is 0.0719. The van der Waals surface area contributed by atoms with Gasteiger partial charge in [0.25, 0.3) is 0 Å². The molecule has 0 bridgehead atoms. The zero-order valence-electron chi connectivity index (χ0n) is 37.1. The van der Waals surface area contributed by atoms with Gasteiger partial charge in [0.05, 0.1) is 0 Å². The molecule has 5 nitrogen and oxygen atoms in total. The van der Waals surface area contributed by atoms with Crippen molar-refractivity contribution in [3.63, 3.8) is 0 Å². The SMILES string of the molecule is CC(C)(C)c1ccc(N(c2ccc(-c3nnc(-c4ccc(N(c5ccc(C(C)(C)C)cc5)c5ccc(C(C)(C)C)cc5)cc4)o3)cc2)c2ccc(C(C)(C)C)cc2)cc1. The van der Waals surface area contributed by atoms with E-state index in [-0.39, 0.29) is 21.7 Å². The van der Waals surface area contributed by atoms with Crippen LogP contribution in [-0.2, 0) is 21.7 Å². The second-order valence-electron chi connectivity index (χ2n) is 19.9. The number of rotatable bonds is 8. The fourth-order valence-corrected chi connectivity index (χ4v) is 7.30. The Balaban J connectivity index is 1.16. The highest BCUT2D eigenvalue weighted by molar-refractivity contribution is 5.79. The van der Waals surface area contributed by atoms with Gasteiger partial charge >= 0.3 is 0 Å². The van der Waals surface area contributed by atoms with Crippen LogP contribution >= 0.6 is 0 Å². The van der Waals surface area contributed by atoms with Crippen LogP contribution in [0.1, 0.15) is 105 Å². The van der Waals surface area contributed by atoms with Gasteiger partial charge in [0.15, 0.2) is 0 Å². The van der Waals surface area contributed by atoms with Crippen LogP contribution in [0.3, 0.4) is 0 Å². The van der Waals surface area contributed by atoms with Crippen LogP contribution in [0.5, 0.6) is 0 Å². The van der Waals surface area contributed by atoms with Crippen LogP contribution in [0.25, 0.3) is 22.9 Å². The van der Waals surface area contributed by atoms with E-state index in [1.165, 1.54) is 22.3 Å². The molecule has 1 heterocycles.